The van der Waals surface area contributed by atoms with Gasteiger partial charge in [-0.3, -0.25) is 14.5 Å². The summed E-state index contributed by atoms with van der Waals surface area (Å²) in [5.74, 6) is 0.655. The van der Waals surface area contributed by atoms with E-state index in [1.807, 2.05) is 43.3 Å². The van der Waals surface area contributed by atoms with Crippen LogP contribution in [0.15, 0.2) is 59.7 Å². The second-order valence-electron chi connectivity index (χ2n) is 6.71. The Hall–Kier alpha value is -3.87. The van der Waals surface area contributed by atoms with Gasteiger partial charge in [-0.2, -0.15) is 5.10 Å². The topological polar surface area (TPSA) is 80.2 Å². The summed E-state index contributed by atoms with van der Waals surface area (Å²) in [6.45, 7) is 2.32. The molecule has 0 saturated heterocycles. The number of nitrogens with zero attached hydrogens (tertiary/aromatic N) is 2. The minimum absolute atomic E-state index is 0.115. The standard InChI is InChI=1S/C23H21N3O4/c1-3-30-19-11-10-15(12-20(19)29-2)13-24-25-21(27)14-26-18-9-5-7-16-6-4-8-17(22(16)18)23(26)28/h4-13H,3,14H2,1-2H3,(H,25,27)/b24-13-. The molecule has 7 heteroatoms. The van der Waals surface area contributed by atoms with Gasteiger partial charge in [0.15, 0.2) is 11.5 Å². The number of benzene rings is 3. The van der Waals surface area contributed by atoms with Crippen LogP contribution >= 0.6 is 0 Å². The van der Waals surface area contributed by atoms with Crippen LogP contribution in [0.25, 0.3) is 10.8 Å². The molecule has 0 bridgehead atoms. The summed E-state index contributed by atoms with van der Waals surface area (Å²) in [6.07, 6.45) is 1.51. The van der Waals surface area contributed by atoms with E-state index >= 15 is 0 Å². The molecule has 0 aliphatic carbocycles. The number of amides is 2. The number of nitrogens with one attached hydrogen (secondary N) is 1. The summed E-state index contributed by atoms with van der Waals surface area (Å²) >= 11 is 0. The van der Waals surface area contributed by atoms with Crippen molar-refractivity contribution >= 4 is 34.5 Å². The lowest BCUT2D eigenvalue weighted by atomic mass is 10.1. The minimum atomic E-state index is -0.387. The predicted molar refractivity (Wildman–Crippen MR) is 116 cm³/mol. The highest BCUT2D eigenvalue weighted by molar-refractivity contribution is 6.26. The molecule has 3 aromatic rings. The van der Waals surface area contributed by atoms with Crippen LogP contribution in [0, 0.1) is 0 Å². The van der Waals surface area contributed by atoms with Gasteiger partial charge in [0.1, 0.15) is 6.54 Å². The molecule has 0 saturated carbocycles. The molecule has 0 unspecified atom stereocenters. The number of hydrazone groups is 1. The summed E-state index contributed by atoms with van der Waals surface area (Å²) in [5.41, 5.74) is 4.57. The molecule has 30 heavy (non-hydrogen) atoms. The van der Waals surface area contributed by atoms with Crippen molar-refractivity contribution in [1.29, 1.82) is 0 Å². The maximum atomic E-state index is 12.7. The van der Waals surface area contributed by atoms with Gasteiger partial charge in [-0.05, 0) is 48.2 Å². The lowest BCUT2D eigenvalue weighted by Crippen LogP contribution is -2.37. The maximum Gasteiger partial charge on any atom is 0.260 e. The zero-order valence-electron chi connectivity index (χ0n) is 16.7. The highest BCUT2D eigenvalue weighted by Crippen LogP contribution is 2.36. The van der Waals surface area contributed by atoms with Crippen molar-refractivity contribution in [2.45, 2.75) is 6.92 Å². The first-order valence-corrected chi connectivity index (χ1v) is 9.58. The number of rotatable bonds is 7. The number of carbonyl (C=O) groups excluding carboxylic acids is 2. The van der Waals surface area contributed by atoms with E-state index in [0.717, 1.165) is 22.0 Å². The van der Waals surface area contributed by atoms with E-state index in [1.54, 1.807) is 25.3 Å². The first kappa shape index (κ1) is 19.4. The second-order valence-corrected chi connectivity index (χ2v) is 6.71. The van der Waals surface area contributed by atoms with Gasteiger partial charge < -0.3 is 9.47 Å². The van der Waals surface area contributed by atoms with Gasteiger partial charge in [-0.1, -0.05) is 24.3 Å². The van der Waals surface area contributed by atoms with Gasteiger partial charge in [0.05, 0.1) is 25.6 Å². The normalized spacial score (nSPS) is 12.6. The van der Waals surface area contributed by atoms with Gasteiger partial charge in [-0.25, -0.2) is 5.43 Å². The Labute approximate surface area is 173 Å². The molecule has 1 aliphatic rings. The molecule has 1 N–H and O–H groups in total. The van der Waals surface area contributed by atoms with Crippen LogP contribution in [0.3, 0.4) is 0 Å². The fourth-order valence-electron chi connectivity index (χ4n) is 3.53. The number of hydrogen-bond acceptors (Lipinski definition) is 5. The fraction of sp³-hybridized carbons (Fsp3) is 0.174. The molecule has 3 aromatic carbocycles. The highest BCUT2D eigenvalue weighted by atomic mass is 16.5. The third-order valence-electron chi connectivity index (χ3n) is 4.84. The number of methoxy groups -OCH3 is 1. The summed E-state index contributed by atoms with van der Waals surface area (Å²) < 4.78 is 10.8. The van der Waals surface area contributed by atoms with Crippen LogP contribution in [0.5, 0.6) is 11.5 Å². The molecule has 4 rings (SSSR count). The third-order valence-corrected chi connectivity index (χ3v) is 4.84. The molecular formula is C23H21N3O4. The smallest absolute Gasteiger partial charge is 0.260 e. The maximum absolute atomic E-state index is 12.7. The lowest BCUT2D eigenvalue weighted by molar-refractivity contribution is -0.119. The van der Waals surface area contributed by atoms with E-state index in [2.05, 4.69) is 10.5 Å². The van der Waals surface area contributed by atoms with Crippen molar-refractivity contribution in [3.63, 3.8) is 0 Å². The van der Waals surface area contributed by atoms with E-state index in [4.69, 9.17) is 9.47 Å². The molecule has 1 heterocycles. The van der Waals surface area contributed by atoms with Gasteiger partial charge in [-0.15, -0.1) is 0 Å². The van der Waals surface area contributed by atoms with Gasteiger partial charge >= 0.3 is 0 Å². The van der Waals surface area contributed by atoms with Gasteiger partial charge in [0.2, 0.25) is 0 Å². The van der Waals surface area contributed by atoms with Crippen LogP contribution in [0.4, 0.5) is 5.69 Å². The number of hydrogen-bond donors (Lipinski definition) is 1. The average molecular weight is 403 g/mol. The van der Waals surface area contributed by atoms with Crippen molar-refractivity contribution in [1.82, 2.24) is 5.43 Å². The van der Waals surface area contributed by atoms with Crippen molar-refractivity contribution in [3.05, 3.63) is 65.7 Å². The second kappa shape index (κ2) is 8.24. The van der Waals surface area contributed by atoms with Crippen molar-refractivity contribution in [2.24, 2.45) is 5.10 Å². The summed E-state index contributed by atoms with van der Waals surface area (Å²) in [7, 11) is 1.56. The molecule has 1 aliphatic heterocycles. The quantitative estimate of drug-likeness (QED) is 0.485. The Morgan fingerprint density at radius 1 is 1.13 bits per heavy atom. The zero-order valence-corrected chi connectivity index (χ0v) is 16.7. The Balaban J connectivity index is 1.44. The third kappa shape index (κ3) is 3.57. The minimum Gasteiger partial charge on any atom is -0.493 e. The summed E-state index contributed by atoms with van der Waals surface area (Å²) in [5, 5.41) is 5.85. The molecule has 0 atom stereocenters. The number of carbonyl (C=O) groups is 2. The molecule has 0 aromatic heterocycles. The molecule has 0 spiro atoms. The van der Waals surface area contributed by atoms with E-state index < -0.39 is 0 Å². The Morgan fingerprint density at radius 3 is 2.70 bits per heavy atom. The van der Waals surface area contributed by atoms with Crippen molar-refractivity contribution in [3.8, 4) is 11.5 Å². The lowest BCUT2D eigenvalue weighted by Gasteiger charge is -2.16. The predicted octanol–water partition coefficient (Wildman–Crippen LogP) is 3.36. The number of ether oxygens (including phenoxy) is 2. The van der Waals surface area contributed by atoms with Gasteiger partial charge in [0.25, 0.3) is 11.8 Å². The van der Waals surface area contributed by atoms with Crippen LogP contribution < -0.4 is 19.8 Å². The average Bonchev–Trinajstić information content (AvgIpc) is 3.03. The summed E-state index contributed by atoms with van der Waals surface area (Å²) in [4.78, 5) is 26.6. The molecular weight excluding hydrogens is 382 g/mol. The largest absolute Gasteiger partial charge is 0.493 e. The SMILES string of the molecule is CCOc1ccc(/C=N\NC(=O)CN2C(=O)c3cccc4cccc2c34)cc1OC. The monoisotopic (exact) mass is 403 g/mol. The molecule has 7 nitrogen and oxygen atoms in total. The first-order valence-electron chi connectivity index (χ1n) is 9.58. The molecule has 152 valence electrons. The van der Waals surface area contributed by atoms with Crippen LogP contribution in [0.1, 0.15) is 22.8 Å². The highest BCUT2D eigenvalue weighted by Gasteiger charge is 2.30. The van der Waals surface area contributed by atoms with E-state index in [1.165, 1.54) is 11.1 Å². The fourth-order valence-corrected chi connectivity index (χ4v) is 3.53. The van der Waals surface area contributed by atoms with Gasteiger partial charge in [0, 0.05) is 10.9 Å². The summed E-state index contributed by atoms with van der Waals surface area (Å²) in [6, 6.07) is 16.6. The Kier molecular flexibility index (Phi) is 5.34. The van der Waals surface area contributed by atoms with E-state index in [-0.39, 0.29) is 18.4 Å². The van der Waals surface area contributed by atoms with Crippen molar-refractivity contribution < 1.29 is 19.1 Å². The first-order chi connectivity index (χ1) is 14.6. The zero-order chi connectivity index (χ0) is 21.1. The number of anilines is 1. The van der Waals surface area contributed by atoms with Crippen LogP contribution in [0.2, 0.25) is 0 Å². The molecule has 2 amide bonds. The van der Waals surface area contributed by atoms with E-state index in [0.29, 0.717) is 23.7 Å². The Morgan fingerprint density at radius 2 is 1.93 bits per heavy atom. The Bertz CT molecular complexity index is 1150. The molecule has 0 radical (unpaired) electrons. The molecule has 0 fully saturated rings. The van der Waals surface area contributed by atoms with Crippen molar-refractivity contribution in [2.75, 3.05) is 25.2 Å². The van der Waals surface area contributed by atoms with E-state index in [9.17, 15) is 9.59 Å². The van der Waals surface area contributed by atoms with Crippen LogP contribution in [-0.2, 0) is 4.79 Å². The van der Waals surface area contributed by atoms with Crippen LogP contribution in [-0.4, -0.2) is 38.3 Å².